The Labute approximate surface area is 228 Å². The number of amides is 2. The first-order valence-electron chi connectivity index (χ1n) is 11.8. The Morgan fingerprint density at radius 1 is 0.919 bits per heavy atom. The van der Waals surface area contributed by atoms with E-state index in [0.717, 1.165) is 9.87 Å². The van der Waals surface area contributed by atoms with Crippen molar-refractivity contribution < 1.29 is 18.0 Å². The van der Waals surface area contributed by atoms with E-state index >= 15 is 0 Å². The number of halogens is 2. The molecule has 1 N–H and O–H groups in total. The summed E-state index contributed by atoms with van der Waals surface area (Å²) >= 11 is 12.4. The van der Waals surface area contributed by atoms with Gasteiger partial charge in [0.1, 0.15) is 12.6 Å². The minimum atomic E-state index is -4.17. The molecule has 0 aliphatic heterocycles. The standard InChI is InChI=1S/C27H29Cl2N3O4S/c1-3-25(27(34)30-2)31(15-14-20-10-6-4-7-11-20)26(33)19-32(23-17-21(28)16-22(29)18-23)37(35,36)24-12-8-5-9-13-24/h4-13,16-18,25H,3,14-15,19H2,1-2H3,(H,30,34)/t25-/m0/s1. The van der Waals surface area contributed by atoms with Crippen LogP contribution in [-0.4, -0.2) is 51.3 Å². The quantitative estimate of drug-likeness (QED) is 0.364. The van der Waals surface area contributed by atoms with Crippen LogP contribution in [0.3, 0.4) is 0 Å². The number of anilines is 1. The zero-order chi connectivity index (χ0) is 27.0. The van der Waals surface area contributed by atoms with E-state index in [4.69, 9.17) is 23.2 Å². The van der Waals surface area contributed by atoms with Gasteiger partial charge in [-0.15, -0.1) is 0 Å². The normalized spacial score (nSPS) is 12.0. The van der Waals surface area contributed by atoms with Crippen LogP contribution < -0.4 is 9.62 Å². The minimum Gasteiger partial charge on any atom is -0.357 e. The smallest absolute Gasteiger partial charge is 0.264 e. The summed E-state index contributed by atoms with van der Waals surface area (Å²) in [5, 5.41) is 3.05. The van der Waals surface area contributed by atoms with E-state index in [2.05, 4.69) is 5.32 Å². The molecule has 3 aromatic rings. The number of hydrogen-bond acceptors (Lipinski definition) is 4. The fourth-order valence-electron chi connectivity index (χ4n) is 3.99. The van der Waals surface area contributed by atoms with Crippen molar-refractivity contribution in [2.45, 2.75) is 30.7 Å². The van der Waals surface area contributed by atoms with Gasteiger partial charge in [0.15, 0.2) is 0 Å². The molecular formula is C27H29Cl2N3O4S. The van der Waals surface area contributed by atoms with Crippen LogP contribution in [0.1, 0.15) is 18.9 Å². The first kappa shape index (κ1) is 28.5. The summed E-state index contributed by atoms with van der Waals surface area (Å²) in [5.74, 6) is -0.853. The third-order valence-electron chi connectivity index (χ3n) is 5.86. The van der Waals surface area contributed by atoms with Crippen molar-refractivity contribution in [2.75, 3.05) is 24.4 Å². The lowest BCUT2D eigenvalue weighted by molar-refractivity contribution is -0.139. The summed E-state index contributed by atoms with van der Waals surface area (Å²) in [5.41, 5.74) is 1.13. The van der Waals surface area contributed by atoms with Gasteiger partial charge in [0.05, 0.1) is 10.6 Å². The summed E-state index contributed by atoms with van der Waals surface area (Å²) in [6.07, 6.45) is 0.850. The number of benzene rings is 3. The summed E-state index contributed by atoms with van der Waals surface area (Å²) in [7, 11) is -2.67. The third-order valence-corrected chi connectivity index (χ3v) is 8.09. The monoisotopic (exact) mass is 561 g/mol. The van der Waals surface area contributed by atoms with Crippen LogP contribution in [0.5, 0.6) is 0 Å². The molecule has 0 aliphatic carbocycles. The number of sulfonamides is 1. The van der Waals surface area contributed by atoms with E-state index in [1.165, 1.54) is 42.3 Å². The number of nitrogens with zero attached hydrogens (tertiary/aromatic N) is 2. The van der Waals surface area contributed by atoms with Crippen LogP contribution in [0.25, 0.3) is 0 Å². The second-order valence-corrected chi connectivity index (χ2v) is 11.0. The van der Waals surface area contributed by atoms with Gasteiger partial charge in [0.2, 0.25) is 11.8 Å². The number of nitrogens with one attached hydrogen (secondary N) is 1. The summed E-state index contributed by atoms with van der Waals surface area (Å²) < 4.78 is 28.4. The molecule has 0 fully saturated rings. The molecule has 0 unspecified atom stereocenters. The highest BCUT2D eigenvalue weighted by molar-refractivity contribution is 7.92. The van der Waals surface area contributed by atoms with E-state index in [9.17, 15) is 18.0 Å². The lowest BCUT2D eigenvalue weighted by Crippen LogP contribution is -2.52. The average molecular weight is 563 g/mol. The molecular weight excluding hydrogens is 533 g/mol. The molecule has 3 aromatic carbocycles. The van der Waals surface area contributed by atoms with E-state index in [-0.39, 0.29) is 33.1 Å². The van der Waals surface area contributed by atoms with Crippen LogP contribution in [0, 0.1) is 0 Å². The zero-order valence-corrected chi connectivity index (χ0v) is 22.9. The van der Waals surface area contributed by atoms with Gasteiger partial charge in [0.25, 0.3) is 10.0 Å². The van der Waals surface area contributed by atoms with Crippen molar-refractivity contribution in [1.29, 1.82) is 0 Å². The Kier molecular flexibility index (Phi) is 9.97. The van der Waals surface area contributed by atoms with Crippen LogP contribution in [-0.2, 0) is 26.0 Å². The maximum atomic E-state index is 13.8. The second kappa shape index (κ2) is 12.9. The highest BCUT2D eigenvalue weighted by atomic mass is 35.5. The molecule has 0 aromatic heterocycles. The molecule has 0 saturated heterocycles. The van der Waals surface area contributed by atoms with Crippen molar-refractivity contribution in [1.82, 2.24) is 10.2 Å². The van der Waals surface area contributed by atoms with Crippen LogP contribution in [0.15, 0.2) is 83.8 Å². The predicted octanol–water partition coefficient (Wildman–Crippen LogP) is 4.78. The first-order chi connectivity index (χ1) is 17.7. The zero-order valence-electron chi connectivity index (χ0n) is 20.6. The Morgan fingerprint density at radius 2 is 1.49 bits per heavy atom. The largest absolute Gasteiger partial charge is 0.357 e. The van der Waals surface area contributed by atoms with Crippen LogP contribution in [0.2, 0.25) is 10.0 Å². The summed E-state index contributed by atoms with van der Waals surface area (Å²) in [6.45, 7) is 1.48. The predicted molar refractivity (Wildman–Crippen MR) is 147 cm³/mol. The van der Waals surface area contributed by atoms with Gasteiger partial charge >= 0.3 is 0 Å². The maximum absolute atomic E-state index is 13.8. The van der Waals surface area contributed by atoms with E-state index < -0.39 is 28.5 Å². The number of likely N-dealkylation sites (N-methyl/N-ethyl adjacent to an activating group) is 1. The van der Waals surface area contributed by atoms with Crippen LogP contribution in [0.4, 0.5) is 5.69 Å². The van der Waals surface area contributed by atoms with Gasteiger partial charge in [-0.1, -0.05) is 78.7 Å². The highest BCUT2D eigenvalue weighted by Crippen LogP contribution is 2.30. The Bertz CT molecular complexity index is 1300. The van der Waals surface area contributed by atoms with E-state index in [0.29, 0.717) is 12.8 Å². The van der Waals surface area contributed by atoms with Crippen molar-refractivity contribution in [3.05, 3.63) is 94.5 Å². The second-order valence-electron chi connectivity index (χ2n) is 8.31. The number of hydrogen-bond donors (Lipinski definition) is 1. The molecule has 2 amide bonds. The number of carbonyl (C=O) groups excluding carboxylic acids is 2. The lowest BCUT2D eigenvalue weighted by atomic mass is 10.1. The Balaban J connectivity index is 2.02. The van der Waals surface area contributed by atoms with Gasteiger partial charge in [-0.3, -0.25) is 13.9 Å². The van der Waals surface area contributed by atoms with Crippen molar-refractivity contribution >= 4 is 50.7 Å². The molecule has 0 bridgehead atoms. The van der Waals surface area contributed by atoms with Crippen LogP contribution >= 0.6 is 23.2 Å². The van der Waals surface area contributed by atoms with Gasteiger partial charge in [0, 0.05) is 23.6 Å². The molecule has 0 spiro atoms. The maximum Gasteiger partial charge on any atom is 0.264 e. The average Bonchev–Trinajstić information content (AvgIpc) is 2.89. The molecule has 196 valence electrons. The molecule has 10 heteroatoms. The van der Waals surface area contributed by atoms with Gasteiger partial charge < -0.3 is 10.2 Å². The number of rotatable bonds is 11. The molecule has 7 nitrogen and oxygen atoms in total. The third kappa shape index (κ3) is 7.25. The Hall–Kier alpha value is -3.07. The van der Waals surface area contributed by atoms with Gasteiger partial charge in [-0.25, -0.2) is 8.42 Å². The molecule has 3 rings (SSSR count). The fraction of sp³-hybridized carbons (Fsp3) is 0.259. The van der Waals surface area contributed by atoms with Gasteiger partial charge in [-0.2, -0.15) is 0 Å². The van der Waals surface area contributed by atoms with Crippen molar-refractivity contribution in [3.63, 3.8) is 0 Å². The lowest BCUT2D eigenvalue weighted by Gasteiger charge is -2.33. The Morgan fingerprint density at radius 3 is 2.03 bits per heavy atom. The molecule has 0 saturated carbocycles. The fourth-order valence-corrected chi connectivity index (χ4v) is 5.93. The molecule has 0 aliphatic rings. The van der Waals surface area contributed by atoms with E-state index in [1.807, 2.05) is 30.3 Å². The first-order valence-corrected chi connectivity index (χ1v) is 14.0. The SMILES string of the molecule is CC[C@@H](C(=O)NC)N(CCc1ccccc1)C(=O)CN(c1cc(Cl)cc(Cl)c1)S(=O)(=O)c1ccccc1. The topological polar surface area (TPSA) is 86.8 Å². The molecule has 37 heavy (non-hydrogen) atoms. The van der Waals surface area contributed by atoms with Crippen molar-refractivity contribution in [3.8, 4) is 0 Å². The van der Waals surface area contributed by atoms with Gasteiger partial charge in [-0.05, 0) is 48.7 Å². The summed E-state index contributed by atoms with van der Waals surface area (Å²) in [6, 6.07) is 20.9. The molecule has 1 atom stereocenters. The van der Waals surface area contributed by atoms with Crippen molar-refractivity contribution in [2.24, 2.45) is 0 Å². The minimum absolute atomic E-state index is 0.00748. The number of carbonyl (C=O) groups is 2. The summed E-state index contributed by atoms with van der Waals surface area (Å²) in [4.78, 5) is 27.9. The highest BCUT2D eigenvalue weighted by Gasteiger charge is 2.33. The molecule has 0 heterocycles. The molecule has 0 radical (unpaired) electrons. The van der Waals surface area contributed by atoms with E-state index in [1.54, 1.807) is 25.1 Å².